The number of anilines is 1. The lowest BCUT2D eigenvalue weighted by Crippen LogP contribution is -2.14. The van der Waals surface area contributed by atoms with Gasteiger partial charge in [-0.15, -0.1) is 0 Å². The Morgan fingerprint density at radius 1 is 1.14 bits per heavy atom. The van der Waals surface area contributed by atoms with E-state index in [1.807, 2.05) is 4.57 Å². The van der Waals surface area contributed by atoms with E-state index < -0.39 is 0 Å². The molecule has 0 aliphatic heterocycles. The highest BCUT2D eigenvalue weighted by atomic mass is 32.2. The molecule has 0 atom stereocenters. The van der Waals surface area contributed by atoms with Crippen LogP contribution < -0.4 is 5.32 Å². The molecule has 0 spiro atoms. The highest BCUT2D eigenvalue weighted by Crippen LogP contribution is 2.20. The zero-order chi connectivity index (χ0) is 20.8. The highest BCUT2D eigenvalue weighted by Gasteiger charge is 2.12. The van der Waals surface area contributed by atoms with Crippen LogP contribution in [0.1, 0.15) is 28.5 Å². The van der Waals surface area contributed by atoms with Crippen LogP contribution in [0.4, 0.5) is 10.1 Å². The van der Waals surface area contributed by atoms with Gasteiger partial charge in [0.25, 0.3) is 0 Å². The molecule has 6 nitrogen and oxygen atoms in total. The zero-order valence-corrected chi connectivity index (χ0v) is 16.6. The molecule has 0 aliphatic carbocycles. The zero-order valence-electron chi connectivity index (χ0n) is 15.8. The first-order chi connectivity index (χ1) is 13.9. The number of benzene rings is 2. The standard InChI is InChI=1S/C21H20FN3O3S/c1-14(27)16-4-8-18(9-5-16)23-20(28)13-29-21-24-19(12-26)11-25(21)10-15-2-6-17(22)7-3-15/h2-9,11,26H,10,12-13H2,1H3,(H,23,28). The van der Waals surface area contributed by atoms with E-state index in [0.29, 0.717) is 28.6 Å². The Bertz CT molecular complexity index is 1000. The molecule has 8 heteroatoms. The minimum Gasteiger partial charge on any atom is -0.390 e. The number of amides is 1. The Morgan fingerprint density at radius 2 is 1.83 bits per heavy atom. The van der Waals surface area contributed by atoms with Crippen molar-refractivity contribution < 1.29 is 19.1 Å². The van der Waals surface area contributed by atoms with Crippen LogP contribution in [0.25, 0.3) is 0 Å². The molecule has 1 heterocycles. The van der Waals surface area contributed by atoms with Gasteiger partial charge in [-0.1, -0.05) is 23.9 Å². The summed E-state index contributed by atoms with van der Waals surface area (Å²) < 4.78 is 14.9. The molecule has 29 heavy (non-hydrogen) atoms. The lowest BCUT2D eigenvalue weighted by molar-refractivity contribution is -0.113. The van der Waals surface area contributed by atoms with Gasteiger partial charge in [0.2, 0.25) is 5.91 Å². The van der Waals surface area contributed by atoms with Crippen LogP contribution in [0.3, 0.4) is 0 Å². The Hall–Kier alpha value is -2.97. The first-order valence-corrected chi connectivity index (χ1v) is 9.88. The van der Waals surface area contributed by atoms with Crippen LogP contribution in [0.5, 0.6) is 0 Å². The Balaban J connectivity index is 1.63. The van der Waals surface area contributed by atoms with Crippen LogP contribution in [0.2, 0.25) is 0 Å². The van der Waals surface area contributed by atoms with Gasteiger partial charge in [-0.3, -0.25) is 9.59 Å². The van der Waals surface area contributed by atoms with E-state index in [0.717, 1.165) is 5.56 Å². The summed E-state index contributed by atoms with van der Waals surface area (Å²) in [7, 11) is 0. The number of nitrogens with one attached hydrogen (secondary N) is 1. The van der Waals surface area contributed by atoms with E-state index in [1.165, 1.54) is 30.8 Å². The van der Waals surface area contributed by atoms with Crippen molar-refractivity contribution in [3.05, 3.63) is 77.4 Å². The van der Waals surface area contributed by atoms with Crippen molar-refractivity contribution in [2.75, 3.05) is 11.1 Å². The molecule has 3 rings (SSSR count). The van der Waals surface area contributed by atoms with Gasteiger partial charge < -0.3 is 15.0 Å². The molecule has 2 N–H and O–H groups in total. The van der Waals surface area contributed by atoms with Crippen LogP contribution >= 0.6 is 11.8 Å². The minimum atomic E-state index is -0.307. The number of hydrogen-bond acceptors (Lipinski definition) is 5. The molecule has 0 aliphatic rings. The summed E-state index contributed by atoms with van der Waals surface area (Å²) in [5.74, 6) is -0.434. The fourth-order valence-corrected chi connectivity index (χ4v) is 3.45. The van der Waals surface area contributed by atoms with E-state index in [-0.39, 0.29) is 29.9 Å². The highest BCUT2D eigenvalue weighted by molar-refractivity contribution is 7.99. The van der Waals surface area contributed by atoms with Gasteiger partial charge in [0.1, 0.15) is 5.82 Å². The van der Waals surface area contributed by atoms with Crippen molar-refractivity contribution in [3.63, 3.8) is 0 Å². The number of carbonyl (C=O) groups is 2. The van der Waals surface area contributed by atoms with E-state index in [2.05, 4.69) is 10.3 Å². The molecular weight excluding hydrogens is 393 g/mol. The summed E-state index contributed by atoms with van der Waals surface area (Å²) in [5, 5.41) is 12.7. The smallest absolute Gasteiger partial charge is 0.234 e. The number of Topliss-reactive ketones (excluding diaryl/α,β-unsaturated/α-hetero) is 1. The van der Waals surface area contributed by atoms with Gasteiger partial charge in [-0.2, -0.15) is 0 Å². The quantitative estimate of drug-likeness (QED) is 0.436. The fourth-order valence-electron chi connectivity index (χ4n) is 2.66. The van der Waals surface area contributed by atoms with Gasteiger partial charge in [-0.25, -0.2) is 9.37 Å². The van der Waals surface area contributed by atoms with Gasteiger partial charge in [0, 0.05) is 24.0 Å². The number of thioether (sulfide) groups is 1. The number of aliphatic hydroxyl groups is 1. The predicted octanol–water partition coefficient (Wildman–Crippen LogP) is 3.50. The number of aliphatic hydroxyl groups excluding tert-OH is 1. The maximum atomic E-state index is 13.1. The molecule has 1 amide bonds. The summed E-state index contributed by atoms with van der Waals surface area (Å²) >= 11 is 1.24. The molecule has 0 radical (unpaired) electrons. The molecule has 0 saturated carbocycles. The van der Waals surface area contributed by atoms with Crippen molar-refractivity contribution in [1.29, 1.82) is 0 Å². The third-order valence-corrected chi connectivity index (χ3v) is 5.12. The Morgan fingerprint density at radius 3 is 2.45 bits per heavy atom. The lowest BCUT2D eigenvalue weighted by atomic mass is 10.1. The SMILES string of the molecule is CC(=O)c1ccc(NC(=O)CSc2nc(CO)cn2Cc2ccc(F)cc2)cc1. The molecule has 0 fully saturated rings. The van der Waals surface area contributed by atoms with E-state index in [4.69, 9.17) is 0 Å². The fraction of sp³-hybridized carbons (Fsp3) is 0.190. The average Bonchev–Trinajstić information content (AvgIpc) is 3.10. The number of ketones is 1. The van der Waals surface area contributed by atoms with E-state index in [9.17, 15) is 19.1 Å². The van der Waals surface area contributed by atoms with Gasteiger partial charge in [-0.05, 0) is 48.9 Å². The van der Waals surface area contributed by atoms with Crippen LogP contribution in [-0.4, -0.2) is 32.1 Å². The average molecular weight is 413 g/mol. The maximum Gasteiger partial charge on any atom is 0.234 e. The summed E-state index contributed by atoms with van der Waals surface area (Å²) in [6.45, 7) is 1.72. The summed E-state index contributed by atoms with van der Waals surface area (Å²) in [6, 6.07) is 12.8. The molecule has 2 aromatic carbocycles. The molecule has 1 aromatic heterocycles. The topological polar surface area (TPSA) is 84.2 Å². The van der Waals surface area contributed by atoms with Crippen molar-refractivity contribution >= 4 is 29.1 Å². The number of hydrogen-bond donors (Lipinski definition) is 2. The number of halogens is 1. The third kappa shape index (κ3) is 5.75. The monoisotopic (exact) mass is 413 g/mol. The number of imidazole rings is 1. The maximum absolute atomic E-state index is 13.1. The number of carbonyl (C=O) groups excluding carboxylic acids is 2. The Kier molecular flexibility index (Phi) is 6.79. The van der Waals surface area contributed by atoms with Gasteiger partial charge in [0.15, 0.2) is 10.9 Å². The van der Waals surface area contributed by atoms with Gasteiger partial charge in [0.05, 0.1) is 18.1 Å². The normalized spacial score (nSPS) is 10.7. The van der Waals surface area contributed by atoms with Crippen LogP contribution in [0, 0.1) is 5.82 Å². The first kappa shape index (κ1) is 20.8. The largest absolute Gasteiger partial charge is 0.390 e. The molecule has 0 saturated heterocycles. The number of rotatable bonds is 8. The molecule has 0 bridgehead atoms. The van der Waals surface area contributed by atoms with Crippen LogP contribution in [0.15, 0.2) is 59.9 Å². The van der Waals surface area contributed by atoms with E-state index >= 15 is 0 Å². The van der Waals surface area contributed by atoms with Crippen LogP contribution in [-0.2, 0) is 17.9 Å². The number of aromatic nitrogens is 2. The van der Waals surface area contributed by atoms with Crippen molar-refractivity contribution in [1.82, 2.24) is 9.55 Å². The summed E-state index contributed by atoms with van der Waals surface area (Å²) in [4.78, 5) is 27.9. The second kappa shape index (κ2) is 9.49. The van der Waals surface area contributed by atoms with Crippen molar-refractivity contribution in [3.8, 4) is 0 Å². The molecule has 0 unspecified atom stereocenters. The predicted molar refractivity (Wildman–Crippen MR) is 109 cm³/mol. The van der Waals surface area contributed by atoms with Gasteiger partial charge >= 0.3 is 0 Å². The minimum absolute atomic E-state index is 0.0360. The second-order valence-corrected chi connectivity index (χ2v) is 7.34. The molecular formula is C21H20FN3O3S. The van der Waals surface area contributed by atoms with E-state index in [1.54, 1.807) is 42.6 Å². The lowest BCUT2D eigenvalue weighted by Gasteiger charge is -2.08. The second-order valence-electron chi connectivity index (χ2n) is 6.40. The summed E-state index contributed by atoms with van der Waals surface area (Å²) in [5.41, 5.74) is 2.56. The summed E-state index contributed by atoms with van der Waals surface area (Å²) in [6.07, 6.45) is 1.71. The van der Waals surface area contributed by atoms with Crippen molar-refractivity contribution in [2.45, 2.75) is 25.2 Å². The molecule has 3 aromatic rings. The Labute approximate surface area is 171 Å². The van der Waals surface area contributed by atoms with Crippen molar-refractivity contribution in [2.24, 2.45) is 0 Å². The number of nitrogens with zero attached hydrogens (tertiary/aromatic N) is 2. The third-order valence-electron chi connectivity index (χ3n) is 4.13. The molecule has 150 valence electrons. The first-order valence-electron chi connectivity index (χ1n) is 8.89.